The summed E-state index contributed by atoms with van der Waals surface area (Å²) in [6, 6.07) is 0. The summed E-state index contributed by atoms with van der Waals surface area (Å²) in [7, 11) is -4.88. The lowest BCUT2D eigenvalue weighted by Crippen LogP contribution is -2.25. The Labute approximate surface area is 59.5 Å². The van der Waals surface area contributed by atoms with Crippen molar-refractivity contribution in [2.75, 3.05) is 14.1 Å². The maximum absolute atomic E-state index is 10.6. The van der Waals surface area contributed by atoms with E-state index in [2.05, 4.69) is 5.43 Å². The molecule has 0 saturated carbocycles. The van der Waals surface area contributed by atoms with Crippen LogP contribution in [0, 0.1) is 0 Å². The first-order valence-corrected chi connectivity index (χ1v) is 5.84. The third kappa shape index (κ3) is 2.76. The van der Waals surface area contributed by atoms with E-state index in [1.165, 1.54) is 14.1 Å². The summed E-state index contributed by atoms with van der Waals surface area (Å²) in [5.74, 6) is 0. The SMILES string of the molecule is CNN(C)[PH](=O)S(=O)(=O)O. The van der Waals surface area contributed by atoms with Crippen LogP contribution in [-0.4, -0.2) is 31.8 Å². The van der Waals surface area contributed by atoms with Gasteiger partial charge in [0.1, 0.15) is 0 Å². The first-order valence-electron chi connectivity index (χ1n) is 2.32. The normalized spacial score (nSPS) is 15.6. The van der Waals surface area contributed by atoms with Crippen molar-refractivity contribution in [3.8, 4) is 0 Å². The summed E-state index contributed by atoms with van der Waals surface area (Å²) in [5, 5.41) is 0. The molecule has 0 aliphatic carbocycles. The fraction of sp³-hybridized carbons (Fsp3) is 1.00. The smallest absolute Gasteiger partial charge is 0.289 e. The van der Waals surface area contributed by atoms with Crippen LogP contribution in [0.3, 0.4) is 0 Å². The van der Waals surface area contributed by atoms with E-state index in [0.29, 0.717) is 0 Å². The van der Waals surface area contributed by atoms with E-state index in [1.54, 1.807) is 0 Å². The van der Waals surface area contributed by atoms with Gasteiger partial charge in [-0.1, -0.05) is 0 Å². The molecule has 0 aliphatic heterocycles. The van der Waals surface area contributed by atoms with Crippen LogP contribution in [0.5, 0.6) is 0 Å². The molecule has 0 aromatic rings. The van der Waals surface area contributed by atoms with Crippen molar-refractivity contribution in [1.82, 2.24) is 10.2 Å². The molecule has 0 aliphatic rings. The van der Waals surface area contributed by atoms with Crippen LogP contribution in [0.25, 0.3) is 0 Å². The molecule has 0 bridgehead atoms. The van der Waals surface area contributed by atoms with E-state index in [-0.39, 0.29) is 0 Å². The molecule has 8 heteroatoms. The molecule has 0 fully saturated rings. The lowest BCUT2D eigenvalue weighted by molar-refractivity contribution is 0.416. The Kier molecular flexibility index (Phi) is 3.47. The van der Waals surface area contributed by atoms with E-state index in [4.69, 9.17) is 4.55 Å². The number of nitrogens with one attached hydrogen (secondary N) is 1. The van der Waals surface area contributed by atoms with Crippen molar-refractivity contribution >= 4 is 16.9 Å². The molecule has 1 atom stereocenters. The van der Waals surface area contributed by atoms with Gasteiger partial charge in [0.05, 0.1) is 0 Å². The van der Waals surface area contributed by atoms with Crippen molar-refractivity contribution < 1.29 is 17.5 Å². The van der Waals surface area contributed by atoms with Gasteiger partial charge in [0.15, 0.2) is 0 Å². The Morgan fingerprint density at radius 3 is 2.10 bits per heavy atom. The standard InChI is InChI=1S/C2H9N2O4PS/c1-3-4(2)9(5)10(6,7)8/h3,9H,1-2H3,(H,6,7,8). The highest BCUT2D eigenvalue weighted by Gasteiger charge is 2.19. The molecule has 0 aromatic heterocycles. The van der Waals surface area contributed by atoms with Gasteiger partial charge in [-0.05, 0) is 7.05 Å². The van der Waals surface area contributed by atoms with E-state index in [9.17, 15) is 13.0 Å². The lowest BCUT2D eigenvalue weighted by Gasteiger charge is -2.10. The Balaban J connectivity index is 4.40. The number of hydrogen-bond donors (Lipinski definition) is 2. The molecule has 0 amide bonds. The monoisotopic (exact) mass is 188 g/mol. The summed E-state index contributed by atoms with van der Waals surface area (Å²) in [6.07, 6.45) is 0. The second-order valence-corrected chi connectivity index (χ2v) is 6.27. The van der Waals surface area contributed by atoms with Crippen LogP contribution >= 0.6 is 7.15 Å². The third-order valence-corrected chi connectivity index (χ3v) is 4.19. The Morgan fingerprint density at radius 1 is 1.60 bits per heavy atom. The van der Waals surface area contributed by atoms with Crippen LogP contribution < -0.4 is 5.43 Å². The Bertz CT molecular complexity index is 223. The predicted octanol–water partition coefficient (Wildman–Crippen LogP) is -0.670. The molecule has 10 heavy (non-hydrogen) atoms. The zero-order valence-corrected chi connectivity index (χ0v) is 7.34. The first-order chi connectivity index (χ1) is 4.39. The van der Waals surface area contributed by atoms with Crippen molar-refractivity contribution in [3.63, 3.8) is 0 Å². The van der Waals surface area contributed by atoms with Gasteiger partial charge >= 0.3 is 9.74 Å². The van der Waals surface area contributed by atoms with Gasteiger partial charge in [0.25, 0.3) is 7.15 Å². The quantitative estimate of drug-likeness (QED) is 0.347. The number of rotatable bonds is 3. The summed E-state index contributed by atoms with van der Waals surface area (Å²) in [5.41, 5.74) is 2.30. The molecule has 0 spiro atoms. The van der Waals surface area contributed by atoms with E-state index < -0.39 is 16.9 Å². The maximum atomic E-state index is 10.6. The van der Waals surface area contributed by atoms with Gasteiger partial charge in [-0.3, -0.25) is 14.5 Å². The van der Waals surface area contributed by atoms with E-state index >= 15 is 0 Å². The summed E-state index contributed by atoms with van der Waals surface area (Å²) < 4.78 is 39.9. The van der Waals surface area contributed by atoms with Crippen molar-refractivity contribution in [1.29, 1.82) is 0 Å². The van der Waals surface area contributed by atoms with Gasteiger partial charge in [-0.15, -0.1) is 0 Å². The topological polar surface area (TPSA) is 86.7 Å². The minimum absolute atomic E-state index is 0.833. The van der Waals surface area contributed by atoms with Gasteiger partial charge in [-0.2, -0.15) is 13.2 Å². The molecule has 2 N–H and O–H groups in total. The average Bonchev–Trinajstić information content (AvgIpc) is 1.83. The highest BCUT2D eigenvalue weighted by molar-refractivity contribution is 8.42. The fourth-order valence-corrected chi connectivity index (χ4v) is 2.11. The molecule has 0 aromatic carbocycles. The van der Waals surface area contributed by atoms with Crippen LogP contribution in [0.2, 0.25) is 0 Å². The second-order valence-electron chi connectivity index (χ2n) is 1.52. The van der Waals surface area contributed by atoms with E-state index in [0.717, 1.165) is 4.78 Å². The highest BCUT2D eigenvalue weighted by Crippen LogP contribution is 2.29. The highest BCUT2D eigenvalue weighted by atomic mass is 32.8. The molecular formula is C2H9N2O4PS. The van der Waals surface area contributed by atoms with Crippen LogP contribution in [0.1, 0.15) is 0 Å². The Morgan fingerprint density at radius 2 is 2.00 bits per heavy atom. The van der Waals surface area contributed by atoms with Gasteiger partial charge in [-0.25, -0.2) is 0 Å². The minimum atomic E-state index is -4.40. The zero-order valence-electron chi connectivity index (χ0n) is 5.53. The molecule has 0 heterocycles. The summed E-state index contributed by atoms with van der Waals surface area (Å²) in [6.45, 7) is 0. The van der Waals surface area contributed by atoms with Gasteiger partial charge in [0, 0.05) is 7.05 Å². The summed E-state index contributed by atoms with van der Waals surface area (Å²) >= 11 is 0. The predicted molar refractivity (Wildman–Crippen MR) is 37.4 cm³/mol. The molecule has 62 valence electrons. The molecule has 1 unspecified atom stereocenters. The zero-order chi connectivity index (χ0) is 8.36. The molecular weight excluding hydrogens is 179 g/mol. The minimum Gasteiger partial charge on any atom is -0.289 e. The van der Waals surface area contributed by atoms with Crippen LogP contribution in [0.15, 0.2) is 0 Å². The Hall–Kier alpha value is 0.0600. The molecule has 0 rings (SSSR count). The lowest BCUT2D eigenvalue weighted by atomic mass is 11.4. The molecule has 0 radical (unpaired) electrons. The van der Waals surface area contributed by atoms with E-state index in [1.807, 2.05) is 0 Å². The van der Waals surface area contributed by atoms with Gasteiger partial charge in [0.2, 0.25) is 0 Å². The molecule has 0 saturated heterocycles. The number of hydrazine groups is 1. The third-order valence-electron chi connectivity index (χ3n) is 0.830. The summed E-state index contributed by atoms with van der Waals surface area (Å²) in [4.78, 5) is 0. The first kappa shape index (κ1) is 10.1. The van der Waals surface area contributed by atoms with Crippen molar-refractivity contribution in [2.45, 2.75) is 0 Å². The second kappa shape index (κ2) is 3.45. The number of hydrogen-bond acceptors (Lipinski definition) is 4. The molecule has 6 nitrogen and oxygen atoms in total. The van der Waals surface area contributed by atoms with Crippen molar-refractivity contribution in [2.24, 2.45) is 0 Å². The van der Waals surface area contributed by atoms with Crippen LogP contribution in [0.4, 0.5) is 0 Å². The fourth-order valence-electron chi connectivity index (χ4n) is 0.264. The van der Waals surface area contributed by atoms with Crippen molar-refractivity contribution in [3.05, 3.63) is 0 Å². The van der Waals surface area contributed by atoms with Gasteiger partial charge < -0.3 is 0 Å². The van der Waals surface area contributed by atoms with Crippen LogP contribution in [-0.2, 0) is 14.3 Å². The number of nitrogens with zero attached hydrogens (tertiary/aromatic N) is 1. The average molecular weight is 188 g/mol. The largest absolute Gasteiger partial charge is 0.328 e. The maximum Gasteiger partial charge on any atom is 0.328 e.